The lowest BCUT2D eigenvalue weighted by Crippen LogP contribution is -2.28. The molecule has 2 aliphatic carbocycles. The van der Waals surface area contributed by atoms with E-state index in [1.165, 1.54) is 17.7 Å². The summed E-state index contributed by atoms with van der Waals surface area (Å²) in [5.74, 6) is 0.123. The molecule has 1 unspecified atom stereocenters. The largest absolute Gasteiger partial charge is 0.508 e. The Hall–Kier alpha value is -2.85. The number of hydrogen-bond donors (Lipinski definition) is 1. The Kier molecular flexibility index (Phi) is 4.37. The topological polar surface area (TPSA) is 36.0 Å². The minimum atomic E-state index is -0.234. The lowest BCUT2D eigenvalue weighted by Gasteiger charge is -2.29. The maximum absolute atomic E-state index is 13.3. The third-order valence-corrected chi connectivity index (χ3v) is 7.07. The first kappa shape index (κ1) is 19.1. The van der Waals surface area contributed by atoms with E-state index >= 15 is 0 Å². The summed E-state index contributed by atoms with van der Waals surface area (Å²) in [5, 5.41) is 10.1. The van der Waals surface area contributed by atoms with Crippen molar-refractivity contribution in [2.75, 3.05) is 11.9 Å². The Morgan fingerprint density at radius 1 is 1.20 bits per heavy atom. The average Bonchev–Trinajstić information content (AvgIpc) is 3.28. The number of phenols is 1. The van der Waals surface area contributed by atoms with Crippen molar-refractivity contribution < 1.29 is 14.2 Å². The monoisotopic (exact) mass is 403 g/mol. The third-order valence-electron chi connectivity index (χ3n) is 7.07. The van der Waals surface area contributed by atoms with E-state index in [1.54, 1.807) is 18.2 Å². The van der Waals surface area contributed by atoms with Gasteiger partial charge in [-0.05, 0) is 78.8 Å². The van der Waals surface area contributed by atoms with Crippen LogP contribution >= 0.6 is 0 Å². The van der Waals surface area contributed by atoms with Crippen LogP contribution in [-0.4, -0.2) is 23.4 Å². The van der Waals surface area contributed by atoms with Crippen LogP contribution in [0.2, 0.25) is 0 Å². The van der Waals surface area contributed by atoms with E-state index in [2.05, 4.69) is 17.6 Å². The maximum Gasteiger partial charge on any atom is 0.123 e. The number of ether oxygens (including phenoxy) is 1. The van der Waals surface area contributed by atoms with Crippen LogP contribution in [0.25, 0.3) is 0 Å². The standard InChI is InChI=1S/C26H26FNO2/c1-3-18-17-26-20(16-23(18)28(2)22-10-8-21(27)9-11-22)13-15-25(26,30-26)14-12-19-6-4-5-7-24(19)29/h3-11,16,29H,1,12-15,17H2,2H3/t25-,26?/m0/s1. The summed E-state index contributed by atoms with van der Waals surface area (Å²) in [4.78, 5) is 2.10. The van der Waals surface area contributed by atoms with Crippen molar-refractivity contribution in [1.29, 1.82) is 0 Å². The van der Waals surface area contributed by atoms with E-state index in [0.717, 1.165) is 54.6 Å². The number of para-hydroxylation sites is 1. The fraction of sp³-hybridized carbons (Fsp3) is 0.308. The molecule has 5 rings (SSSR count). The van der Waals surface area contributed by atoms with Gasteiger partial charge in [0.1, 0.15) is 22.8 Å². The van der Waals surface area contributed by atoms with Crippen LogP contribution in [0.5, 0.6) is 5.75 Å². The van der Waals surface area contributed by atoms with Gasteiger partial charge < -0.3 is 14.7 Å². The van der Waals surface area contributed by atoms with Crippen molar-refractivity contribution >= 4 is 5.69 Å². The van der Waals surface area contributed by atoms with Gasteiger partial charge in [-0.15, -0.1) is 0 Å². The molecule has 0 aromatic heterocycles. The van der Waals surface area contributed by atoms with Crippen LogP contribution in [0, 0.1) is 5.82 Å². The minimum Gasteiger partial charge on any atom is -0.508 e. The molecule has 2 atom stereocenters. The number of allylic oxidation sites excluding steroid dienone is 2. The number of epoxide rings is 1. The van der Waals surface area contributed by atoms with Crippen molar-refractivity contribution in [3.05, 3.63) is 95.5 Å². The number of aromatic hydroxyl groups is 1. The van der Waals surface area contributed by atoms with E-state index in [-0.39, 0.29) is 17.0 Å². The zero-order valence-electron chi connectivity index (χ0n) is 17.2. The summed E-state index contributed by atoms with van der Waals surface area (Å²) < 4.78 is 19.8. The number of hydrogen-bond acceptors (Lipinski definition) is 3. The number of likely N-dealkylation sites (N-methyl/N-ethyl adjacent to an activating group) is 1. The van der Waals surface area contributed by atoms with Crippen molar-refractivity contribution in [2.24, 2.45) is 0 Å². The molecule has 3 nitrogen and oxygen atoms in total. The van der Waals surface area contributed by atoms with E-state index in [1.807, 2.05) is 31.3 Å². The Balaban J connectivity index is 1.39. The fourth-order valence-electron chi connectivity index (χ4n) is 5.30. The SMILES string of the molecule is C=CC1=C(N(C)c2ccc(F)cc2)C=C2CC[C@]3(CCc4ccccc4O)OC23C1. The maximum atomic E-state index is 13.3. The fourth-order valence-corrected chi connectivity index (χ4v) is 5.30. The quantitative estimate of drug-likeness (QED) is 0.631. The number of rotatable bonds is 6. The smallest absolute Gasteiger partial charge is 0.123 e. The molecule has 1 saturated carbocycles. The first-order valence-corrected chi connectivity index (χ1v) is 10.5. The molecule has 3 aliphatic rings. The number of benzene rings is 2. The van der Waals surface area contributed by atoms with Crippen molar-refractivity contribution in [3.63, 3.8) is 0 Å². The van der Waals surface area contributed by atoms with Crippen LogP contribution in [-0.2, 0) is 11.2 Å². The molecular weight excluding hydrogens is 377 g/mol. The van der Waals surface area contributed by atoms with Crippen LogP contribution in [0.4, 0.5) is 10.1 Å². The van der Waals surface area contributed by atoms with Gasteiger partial charge in [0.2, 0.25) is 0 Å². The molecule has 1 heterocycles. The van der Waals surface area contributed by atoms with Crippen LogP contribution in [0.3, 0.4) is 0 Å². The second-order valence-corrected chi connectivity index (χ2v) is 8.55. The van der Waals surface area contributed by atoms with E-state index < -0.39 is 0 Å². The highest BCUT2D eigenvalue weighted by molar-refractivity contribution is 5.61. The van der Waals surface area contributed by atoms with Gasteiger partial charge in [0, 0.05) is 24.9 Å². The van der Waals surface area contributed by atoms with Gasteiger partial charge in [0.05, 0.1) is 0 Å². The molecule has 2 aromatic carbocycles. The molecule has 1 N–H and O–H groups in total. The summed E-state index contributed by atoms with van der Waals surface area (Å²) in [6, 6.07) is 14.1. The predicted octanol–water partition coefficient (Wildman–Crippen LogP) is 5.67. The second kappa shape index (κ2) is 6.85. The highest BCUT2D eigenvalue weighted by Crippen LogP contribution is 2.68. The lowest BCUT2D eigenvalue weighted by molar-refractivity contribution is 0.234. The molecule has 2 fully saturated rings. The molecule has 0 amide bonds. The van der Waals surface area contributed by atoms with Gasteiger partial charge in [-0.25, -0.2) is 4.39 Å². The minimum absolute atomic E-state index is 0.144. The van der Waals surface area contributed by atoms with E-state index in [0.29, 0.717) is 5.75 Å². The summed E-state index contributed by atoms with van der Waals surface area (Å²) >= 11 is 0. The third kappa shape index (κ3) is 2.82. The normalized spacial score (nSPS) is 26.7. The Morgan fingerprint density at radius 2 is 1.97 bits per heavy atom. The summed E-state index contributed by atoms with van der Waals surface area (Å²) in [5.41, 5.74) is 5.14. The molecule has 1 aliphatic heterocycles. The van der Waals surface area contributed by atoms with Crippen LogP contribution in [0.15, 0.2) is 84.1 Å². The number of halogens is 1. The highest BCUT2D eigenvalue weighted by atomic mass is 19.1. The predicted molar refractivity (Wildman–Crippen MR) is 117 cm³/mol. The molecule has 30 heavy (non-hydrogen) atoms. The molecule has 2 aromatic rings. The number of phenolic OH excluding ortho intramolecular Hbond substituents is 1. The summed E-state index contributed by atoms with van der Waals surface area (Å²) in [7, 11) is 2.01. The number of nitrogens with zero attached hydrogens (tertiary/aromatic N) is 1. The summed E-state index contributed by atoms with van der Waals surface area (Å²) in [6.45, 7) is 4.05. The Morgan fingerprint density at radius 3 is 2.70 bits per heavy atom. The highest BCUT2D eigenvalue weighted by Gasteiger charge is 2.74. The first-order chi connectivity index (χ1) is 14.5. The van der Waals surface area contributed by atoms with Gasteiger partial charge in [-0.3, -0.25) is 0 Å². The second-order valence-electron chi connectivity index (χ2n) is 8.55. The Labute approximate surface area is 176 Å². The summed E-state index contributed by atoms with van der Waals surface area (Å²) in [6.07, 6.45) is 8.71. The van der Waals surface area contributed by atoms with E-state index in [4.69, 9.17) is 4.74 Å². The molecule has 0 radical (unpaired) electrons. The van der Waals surface area contributed by atoms with Gasteiger partial charge in [-0.2, -0.15) is 0 Å². The molecule has 0 bridgehead atoms. The van der Waals surface area contributed by atoms with Crippen LogP contribution in [0.1, 0.15) is 31.2 Å². The molecule has 1 spiro atoms. The lowest BCUT2D eigenvalue weighted by atomic mass is 9.80. The van der Waals surface area contributed by atoms with Gasteiger partial charge >= 0.3 is 0 Å². The van der Waals surface area contributed by atoms with Gasteiger partial charge in [0.15, 0.2) is 0 Å². The molecular formula is C26H26FNO2. The number of anilines is 1. The molecule has 154 valence electrons. The van der Waals surface area contributed by atoms with Crippen molar-refractivity contribution in [2.45, 2.75) is 43.3 Å². The average molecular weight is 403 g/mol. The van der Waals surface area contributed by atoms with Gasteiger partial charge in [0.25, 0.3) is 0 Å². The zero-order chi connectivity index (χ0) is 20.9. The number of aryl methyl sites for hydroxylation is 1. The van der Waals surface area contributed by atoms with Crippen molar-refractivity contribution in [3.8, 4) is 5.75 Å². The molecule has 4 heteroatoms. The first-order valence-electron chi connectivity index (χ1n) is 10.5. The molecule has 1 saturated heterocycles. The zero-order valence-corrected chi connectivity index (χ0v) is 17.2. The van der Waals surface area contributed by atoms with E-state index in [9.17, 15) is 9.50 Å². The van der Waals surface area contributed by atoms with Crippen LogP contribution < -0.4 is 4.90 Å². The Bertz CT molecular complexity index is 1070. The van der Waals surface area contributed by atoms with Crippen molar-refractivity contribution in [1.82, 2.24) is 0 Å². The van der Waals surface area contributed by atoms with Gasteiger partial charge in [-0.1, -0.05) is 30.9 Å².